The molecule has 0 fully saturated rings. The Labute approximate surface area is 146 Å². The molecule has 2 heterocycles. The van der Waals surface area contributed by atoms with Crippen LogP contribution in [0.2, 0.25) is 0 Å². The highest BCUT2D eigenvalue weighted by Gasteiger charge is 2.19. The third-order valence-corrected chi connectivity index (χ3v) is 4.07. The number of benzene rings is 2. The minimum atomic E-state index is -0.561. The van der Waals surface area contributed by atoms with Crippen LogP contribution in [-0.4, -0.2) is 25.7 Å². The molecule has 0 saturated carbocycles. The van der Waals surface area contributed by atoms with Crippen LogP contribution >= 0.6 is 0 Å². The molecule has 0 unspecified atom stereocenters. The highest BCUT2D eigenvalue weighted by Crippen LogP contribution is 2.14. The molecule has 0 aliphatic rings. The summed E-state index contributed by atoms with van der Waals surface area (Å²) in [4.78, 5) is 27.4. The molecule has 0 radical (unpaired) electrons. The fourth-order valence-electron chi connectivity index (χ4n) is 2.87. The number of nitrogens with zero attached hydrogens (tertiary/aromatic N) is 3. The first-order valence-electron chi connectivity index (χ1n) is 7.93. The summed E-state index contributed by atoms with van der Waals surface area (Å²) < 4.78 is 14.6. The quantitative estimate of drug-likeness (QED) is 0.590. The van der Waals surface area contributed by atoms with E-state index < -0.39 is 17.3 Å². The number of hydrogen-bond donors (Lipinski definition) is 2. The van der Waals surface area contributed by atoms with Crippen LogP contribution in [0.1, 0.15) is 21.6 Å². The minimum absolute atomic E-state index is 0.0193. The first kappa shape index (κ1) is 15.9. The molecule has 2 aromatic heterocycles. The number of carbonyl (C=O) groups is 1. The Kier molecular flexibility index (Phi) is 3.72. The van der Waals surface area contributed by atoms with Crippen molar-refractivity contribution in [1.29, 1.82) is 0 Å². The third kappa shape index (κ3) is 2.71. The van der Waals surface area contributed by atoms with Gasteiger partial charge in [0.2, 0.25) is 0 Å². The van der Waals surface area contributed by atoms with E-state index in [-0.39, 0.29) is 16.7 Å². The second kappa shape index (κ2) is 6.07. The molecule has 8 heteroatoms. The Morgan fingerprint density at radius 3 is 2.92 bits per heavy atom. The van der Waals surface area contributed by atoms with Crippen molar-refractivity contribution in [3.8, 4) is 0 Å². The zero-order valence-electron chi connectivity index (χ0n) is 13.8. The summed E-state index contributed by atoms with van der Waals surface area (Å²) in [6.07, 6.45) is 0. The van der Waals surface area contributed by atoms with Crippen LogP contribution < -0.4 is 10.9 Å². The molecule has 0 spiro atoms. The van der Waals surface area contributed by atoms with Gasteiger partial charge in [-0.05, 0) is 30.7 Å². The SMILES string of the molecule is Cc1cccc(CNC(=O)c2nnn3c2c(=O)[nH]c2cc(F)ccc23)c1. The molecule has 2 aromatic carbocycles. The number of aryl methyl sites for hydroxylation is 1. The van der Waals surface area contributed by atoms with E-state index in [1.807, 2.05) is 31.2 Å². The van der Waals surface area contributed by atoms with Crippen LogP contribution in [0.4, 0.5) is 4.39 Å². The van der Waals surface area contributed by atoms with E-state index in [2.05, 4.69) is 20.6 Å². The predicted octanol–water partition coefficient (Wildman–Crippen LogP) is 1.95. The van der Waals surface area contributed by atoms with Gasteiger partial charge in [-0.15, -0.1) is 5.10 Å². The number of amides is 1. The average Bonchev–Trinajstić information content (AvgIpc) is 3.05. The van der Waals surface area contributed by atoms with E-state index in [0.29, 0.717) is 12.1 Å². The fourth-order valence-corrected chi connectivity index (χ4v) is 2.87. The van der Waals surface area contributed by atoms with E-state index >= 15 is 0 Å². The van der Waals surface area contributed by atoms with Gasteiger partial charge in [0.25, 0.3) is 11.5 Å². The fraction of sp³-hybridized carbons (Fsp3) is 0.111. The molecule has 4 rings (SSSR count). The lowest BCUT2D eigenvalue weighted by Gasteiger charge is -2.05. The van der Waals surface area contributed by atoms with Gasteiger partial charge in [0.15, 0.2) is 11.2 Å². The Hall–Kier alpha value is -3.55. The molecule has 2 N–H and O–H groups in total. The Morgan fingerprint density at radius 1 is 1.27 bits per heavy atom. The van der Waals surface area contributed by atoms with Crippen molar-refractivity contribution in [3.63, 3.8) is 0 Å². The lowest BCUT2D eigenvalue weighted by Crippen LogP contribution is -2.25. The third-order valence-electron chi connectivity index (χ3n) is 4.07. The maximum Gasteiger partial charge on any atom is 0.277 e. The topological polar surface area (TPSA) is 92.2 Å². The highest BCUT2D eigenvalue weighted by atomic mass is 19.1. The second-order valence-electron chi connectivity index (χ2n) is 5.99. The van der Waals surface area contributed by atoms with Gasteiger partial charge in [0.05, 0.1) is 11.0 Å². The summed E-state index contributed by atoms with van der Waals surface area (Å²) in [5.74, 6) is -0.989. The van der Waals surface area contributed by atoms with Crippen LogP contribution in [0.15, 0.2) is 47.3 Å². The summed E-state index contributed by atoms with van der Waals surface area (Å²) in [6, 6.07) is 11.6. The van der Waals surface area contributed by atoms with Crippen LogP contribution in [0.5, 0.6) is 0 Å². The molecule has 0 aliphatic carbocycles. The number of carbonyl (C=O) groups excluding carboxylic acids is 1. The summed E-state index contributed by atoms with van der Waals surface area (Å²) in [5, 5.41) is 10.5. The predicted molar refractivity (Wildman–Crippen MR) is 93.4 cm³/mol. The standard InChI is InChI=1S/C18H14FN5O2/c1-10-3-2-4-11(7-10)9-20-17(25)15-16-18(26)21-13-8-12(19)5-6-14(13)24(16)23-22-15/h2-8H,9H2,1H3,(H,20,25)(H,21,26). The first-order chi connectivity index (χ1) is 12.5. The molecule has 0 atom stereocenters. The largest absolute Gasteiger partial charge is 0.346 e. The number of fused-ring (bicyclic) bond motifs is 3. The van der Waals surface area contributed by atoms with E-state index in [1.54, 1.807) is 0 Å². The Morgan fingerprint density at radius 2 is 2.12 bits per heavy atom. The first-order valence-corrected chi connectivity index (χ1v) is 7.93. The summed E-state index contributed by atoms with van der Waals surface area (Å²) in [7, 11) is 0. The number of H-pyrrole nitrogens is 1. The van der Waals surface area contributed by atoms with E-state index in [0.717, 1.165) is 11.1 Å². The van der Waals surface area contributed by atoms with Crippen LogP contribution in [0.3, 0.4) is 0 Å². The van der Waals surface area contributed by atoms with Crippen molar-refractivity contribution in [2.45, 2.75) is 13.5 Å². The lowest BCUT2D eigenvalue weighted by molar-refractivity contribution is 0.0947. The van der Waals surface area contributed by atoms with Crippen molar-refractivity contribution < 1.29 is 9.18 Å². The molecular weight excluding hydrogens is 337 g/mol. The normalized spacial score (nSPS) is 11.2. The molecular formula is C18H14FN5O2. The number of aromatic amines is 1. The smallest absolute Gasteiger partial charge is 0.277 e. The average molecular weight is 351 g/mol. The monoisotopic (exact) mass is 351 g/mol. The van der Waals surface area contributed by atoms with Gasteiger partial charge >= 0.3 is 0 Å². The van der Waals surface area contributed by atoms with Gasteiger partial charge in [-0.2, -0.15) is 0 Å². The molecule has 7 nitrogen and oxygen atoms in total. The zero-order chi connectivity index (χ0) is 18.3. The van der Waals surface area contributed by atoms with Crippen LogP contribution in [0, 0.1) is 12.7 Å². The maximum atomic E-state index is 13.4. The highest BCUT2D eigenvalue weighted by molar-refractivity contribution is 5.99. The number of nitrogens with one attached hydrogen (secondary N) is 2. The molecule has 1 amide bonds. The van der Waals surface area contributed by atoms with Gasteiger partial charge in [-0.25, -0.2) is 8.91 Å². The number of rotatable bonds is 3. The van der Waals surface area contributed by atoms with Crippen molar-refractivity contribution in [3.05, 3.63) is 75.5 Å². The van der Waals surface area contributed by atoms with E-state index in [9.17, 15) is 14.0 Å². The Bertz CT molecular complexity index is 1210. The van der Waals surface area contributed by atoms with Crippen molar-refractivity contribution in [2.24, 2.45) is 0 Å². The molecule has 0 saturated heterocycles. The molecule has 0 aliphatic heterocycles. The molecule has 0 bridgehead atoms. The van der Waals surface area contributed by atoms with Gasteiger partial charge in [0, 0.05) is 6.54 Å². The summed E-state index contributed by atoms with van der Waals surface area (Å²) in [5.41, 5.74) is 2.13. The number of hydrogen-bond acceptors (Lipinski definition) is 4. The van der Waals surface area contributed by atoms with Gasteiger partial charge in [0.1, 0.15) is 5.82 Å². The Balaban J connectivity index is 1.71. The van der Waals surface area contributed by atoms with Gasteiger partial charge in [-0.3, -0.25) is 9.59 Å². The lowest BCUT2D eigenvalue weighted by atomic mass is 10.1. The van der Waals surface area contributed by atoms with E-state index in [1.165, 1.54) is 22.7 Å². The second-order valence-corrected chi connectivity index (χ2v) is 5.99. The van der Waals surface area contributed by atoms with Crippen molar-refractivity contribution in [1.82, 2.24) is 25.1 Å². The van der Waals surface area contributed by atoms with Crippen molar-refractivity contribution in [2.75, 3.05) is 0 Å². The molecule has 130 valence electrons. The zero-order valence-corrected chi connectivity index (χ0v) is 13.8. The summed E-state index contributed by atoms with van der Waals surface area (Å²) in [6.45, 7) is 2.27. The molecule has 26 heavy (non-hydrogen) atoms. The number of halogens is 1. The summed E-state index contributed by atoms with van der Waals surface area (Å²) >= 11 is 0. The van der Waals surface area contributed by atoms with Crippen LogP contribution in [-0.2, 0) is 6.54 Å². The minimum Gasteiger partial charge on any atom is -0.346 e. The van der Waals surface area contributed by atoms with Gasteiger partial charge < -0.3 is 10.3 Å². The van der Waals surface area contributed by atoms with E-state index in [4.69, 9.17) is 0 Å². The number of aromatic nitrogens is 4. The maximum absolute atomic E-state index is 13.4. The van der Waals surface area contributed by atoms with Crippen LogP contribution in [0.25, 0.3) is 16.6 Å². The molecule has 4 aromatic rings. The van der Waals surface area contributed by atoms with Crippen molar-refractivity contribution >= 4 is 22.5 Å². The van der Waals surface area contributed by atoms with Gasteiger partial charge in [-0.1, -0.05) is 35.0 Å².